The molecule has 0 radical (unpaired) electrons. The van der Waals surface area contributed by atoms with Crippen LogP contribution >= 0.6 is 11.8 Å². The first kappa shape index (κ1) is 12.8. The van der Waals surface area contributed by atoms with Gasteiger partial charge in [0, 0.05) is 18.1 Å². The highest BCUT2D eigenvalue weighted by molar-refractivity contribution is 7.99. The highest BCUT2D eigenvalue weighted by atomic mass is 32.2. The average molecular weight is 253 g/mol. The van der Waals surface area contributed by atoms with Gasteiger partial charge in [-0.3, -0.25) is 4.79 Å². The zero-order chi connectivity index (χ0) is 11.5. The third kappa shape index (κ3) is 3.09. The molecule has 5 nitrogen and oxygen atoms in total. The molecule has 1 saturated heterocycles. The van der Waals surface area contributed by atoms with Crippen LogP contribution in [-0.4, -0.2) is 53.6 Å². The van der Waals surface area contributed by atoms with E-state index >= 15 is 0 Å². The zero-order valence-corrected chi connectivity index (χ0v) is 10.2. The van der Waals surface area contributed by atoms with E-state index in [2.05, 4.69) is 0 Å². The number of hydrogen-bond donors (Lipinski definition) is 1. The normalized spacial score (nSPS) is 23.9. The minimum absolute atomic E-state index is 0.0292. The summed E-state index contributed by atoms with van der Waals surface area (Å²) in [5.74, 6) is -0.00575. The molecule has 1 atom stereocenters. The van der Waals surface area contributed by atoms with Crippen molar-refractivity contribution in [1.29, 1.82) is 0 Å². The lowest BCUT2D eigenvalue weighted by atomic mass is 10.3. The molecular weight excluding hydrogens is 238 g/mol. The Morgan fingerprint density at radius 3 is 2.80 bits per heavy atom. The van der Waals surface area contributed by atoms with Crippen molar-refractivity contribution in [2.24, 2.45) is 0 Å². The quantitative estimate of drug-likeness (QED) is 0.776. The summed E-state index contributed by atoms with van der Waals surface area (Å²) in [5.41, 5.74) is 0. The molecule has 1 heterocycles. The Morgan fingerprint density at radius 2 is 2.27 bits per heavy atom. The van der Waals surface area contributed by atoms with Gasteiger partial charge >= 0.3 is 5.97 Å². The number of rotatable bonds is 4. The Labute approximate surface area is 93.9 Å². The van der Waals surface area contributed by atoms with Gasteiger partial charge < -0.3 is 5.11 Å². The molecule has 15 heavy (non-hydrogen) atoms. The molecule has 1 unspecified atom stereocenters. The van der Waals surface area contributed by atoms with Crippen LogP contribution in [-0.2, 0) is 14.8 Å². The van der Waals surface area contributed by atoms with Crippen LogP contribution in [0.3, 0.4) is 0 Å². The van der Waals surface area contributed by atoms with Gasteiger partial charge in [-0.1, -0.05) is 6.92 Å². The number of aliphatic carboxylic acids is 1. The van der Waals surface area contributed by atoms with Crippen molar-refractivity contribution in [3.8, 4) is 0 Å². The second kappa shape index (κ2) is 5.18. The van der Waals surface area contributed by atoms with Gasteiger partial charge in [-0.05, 0) is 6.42 Å². The number of carboxylic acid groups (broad SMARTS) is 1. The smallest absolute Gasteiger partial charge is 0.322 e. The van der Waals surface area contributed by atoms with Crippen LogP contribution in [0.1, 0.15) is 13.3 Å². The largest absolute Gasteiger partial charge is 0.480 e. The standard InChI is InChI=1S/C8H15NO4S2/c1-2-5-15(12,13)9-3-4-14-6-7(9)8(10)11/h7H,2-6H2,1H3,(H,10,11). The maximum Gasteiger partial charge on any atom is 0.322 e. The molecule has 1 fully saturated rings. The third-order valence-electron chi connectivity index (χ3n) is 2.18. The molecule has 0 saturated carbocycles. The van der Waals surface area contributed by atoms with Crippen LogP contribution in [0.2, 0.25) is 0 Å². The molecule has 0 aliphatic carbocycles. The molecule has 1 N–H and O–H groups in total. The molecule has 0 amide bonds. The molecule has 0 aromatic heterocycles. The van der Waals surface area contributed by atoms with Gasteiger partial charge in [0.25, 0.3) is 0 Å². The van der Waals surface area contributed by atoms with E-state index in [1.807, 2.05) is 0 Å². The van der Waals surface area contributed by atoms with E-state index in [1.54, 1.807) is 6.92 Å². The predicted octanol–water partition coefficient (Wildman–Crippen LogP) is 0.228. The number of carboxylic acids is 1. The van der Waals surface area contributed by atoms with Crippen molar-refractivity contribution in [3.63, 3.8) is 0 Å². The Balaban J connectivity index is 2.85. The number of hydrogen-bond acceptors (Lipinski definition) is 4. The Kier molecular flexibility index (Phi) is 4.42. The summed E-state index contributed by atoms with van der Waals surface area (Å²) in [7, 11) is -3.39. The van der Waals surface area contributed by atoms with Gasteiger partial charge in [0.05, 0.1) is 5.75 Å². The van der Waals surface area contributed by atoms with Gasteiger partial charge in [0.1, 0.15) is 6.04 Å². The fourth-order valence-corrected chi connectivity index (χ4v) is 4.41. The Hall–Kier alpha value is -0.270. The van der Waals surface area contributed by atoms with E-state index in [0.29, 0.717) is 24.5 Å². The lowest BCUT2D eigenvalue weighted by molar-refractivity contribution is -0.140. The molecule has 0 bridgehead atoms. The lowest BCUT2D eigenvalue weighted by Crippen LogP contribution is -2.50. The fraction of sp³-hybridized carbons (Fsp3) is 0.875. The van der Waals surface area contributed by atoms with Gasteiger partial charge in [-0.15, -0.1) is 0 Å². The molecule has 88 valence electrons. The van der Waals surface area contributed by atoms with Gasteiger partial charge in [0.15, 0.2) is 0 Å². The highest BCUT2D eigenvalue weighted by Crippen LogP contribution is 2.20. The minimum Gasteiger partial charge on any atom is -0.480 e. The first-order chi connectivity index (χ1) is 6.99. The van der Waals surface area contributed by atoms with Crippen molar-refractivity contribution in [2.45, 2.75) is 19.4 Å². The number of sulfonamides is 1. The summed E-state index contributed by atoms with van der Waals surface area (Å²) in [6, 6.07) is -0.889. The van der Waals surface area contributed by atoms with E-state index in [9.17, 15) is 13.2 Å². The summed E-state index contributed by atoms with van der Waals surface area (Å²) in [4.78, 5) is 10.9. The molecular formula is C8H15NO4S2. The fourth-order valence-electron chi connectivity index (χ4n) is 1.49. The van der Waals surface area contributed by atoms with Crippen molar-refractivity contribution in [1.82, 2.24) is 4.31 Å². The van der Waals surface area contributed by atoms with E-state index in [-0.39, 0.29) is 5.75 Å². The summed E-state index contributed by atoms with van der Waals surface area (Å²) in [6.45, 7) is 2.08. The molecule has 0 aromatic carbocycles. The molecule has 1 rings (SSSR count). The van der Waals surface area contributed by atoms with E-state index in [1.165, 1.54) is 11.8 Å². The number of nitrogens with zero attached hydrogens (tertiary/aromatic N) is 1. The average Bonchev–Trinajstić information content (AvgIpc) is 2.17. The van der Waals surface area contributed by atoms with E-state index in [4.69, 9.17) is 5.11 Å². The summed E-state index contributed by atoms with van der Waals surface area (Å²) < 4.78 is 24.6. The summed E-state index contributed by atoms with van der Waals surface area (Å²) >= 11 is 1.48. The summed E-state index contributed by atoms with van der Waals surface area (Å²) in [6.07, 6.45) is 0.512. The van der Waals surface area contributed by atoms with Crippen molar-refractivity contribution in [3.05, 3.63) is 0 Å². The van der Waals surface area contributed by atoms with Gasteiger partial charge in [0.2, 0.25) is 10.0 Å². The number of carbonyl (C=O) groups is 1. The lowest BCUT2D eigenvalue weighted by Gasteiger charge is -2.31. The van der Waals surface area contributed by atoms with Crippen molar-refractivity contribution >= 4 is 27.8 Å². The van der Waals surface area contributed by atoms with Crippen LogP contribution < -0.4 is 0 Å². The molecule has 7 heteroatoms. The van der Waals surface area contributed by atoms with Crippen LogP contribution in [0.5, 0.6) is 0 Å². The molecule has 1 aliphatic rings. The van der Waals surface area contributed by atoms with Crippen LogP contribution in [0, 0.1) is 0 Å². The Bertz CT molecular complexity index is 328. The van der Waals surface area contributed by atoms with Crippen LogP contribution in [0.15, 0.2) is 0 Å². The van der Waals surface area contributed by atoms with Crippen molar-refractivity contribution < 1.29 is 18.3 Å². The van der Waals surface area contributed by atoms with Gasteiger partial charge in [-0.25, -0.2) is 8.42 Å². The van der Waals surface area contributed by atoms with E-state index in [0.717, 1.165) is 4.31 Å². The SMILES string of the molecule is CCCS(=O)(=O)N1CCSCC1C(=O)O. The van der Waals surface area contributed by atoms with Crippen LogP contribution in [0.25, 0.3) is 0 Å². The minimum atomic E-state index is -3.39. The van der Waals surface area contributed by atoms with E-state index < -0.39 is 22.0 Å². The zero-order valence-electron chi connectivity index (χ0n) is 8.55. The second-order valence-electron chi connectivity index (χ2n) is 3.36. The topological polar surface area (TPSA) is 74.7 Å². The third-order valence-corrected chi connectivity index (χ3v) is 5.28. The predicted molar refractivity (Wildman–Crippen MR) is 59.5 cm³/mol. The monoisotopic (exact) mass is 253 g/mol. The maximum absolute atomic E-state index is 11.8. The first-order valence-corrected chi connectivity index (χ1v) is 7.55. The molecule has 0 aromatic rings. The first-order valence-electron chi connectivity index (χ1n) is 4.79. The molecule has 1 aliphatic heterocycles. The highest BCUT2D eigenvalue weighted by Gasteiger charge is 2.36. The second-order valence-corrected chi connectivity index (χ2v) is 6.55. The van der Waals surface area contributed by atoms with Crippen molar-refractivity contribution in [2.75, 3.05) is 23.8 Å². The maximum atomic E-state index is 11.8. The number of thioether (sulfide) groups is 1. The Morgan fingerprint density at radius 1 is 1.60 bits per heavy atom. The molecule has 0 spiro atoms. The summed E-state index contributed by atoms with van der Waals surface area (Å²) in [5, 5.41) is 8.92. The van der Waals surface area contributed by atoms with Crippen LogP contribution in [0.4, 0.5) is 0 Å². The van der Waals surface area contributed by atoms with Gasteiger partial charge in [-0.2, -0.15) is 16.1 Å².